The summed E-state index contributed by atoms with van der Waals surface area (Å²) in [7, 11) is -3.43. The first-order chi connectivity index (χ1) is 12.4. The van der Waals surface area contributed by atoms with Gasteiger partial charge in [0.05, 0.1) is 0 Å². The topological polar surface area (TPSA) is 68.2 Å². The van der Waals surface area contributed by atoms with Gasteiger partial charge >= 0.3 is 27.0 Å². The van der Waals surface area contributed by atoms with E-state index in [1.54, 1.807) is 0 Å². The molecule has 0 aromatic heterocycles. The molecule has 0 amide bonds. The van der Waals surface area contributed by atoms with Gasteiger partial charge in [0, 0.05) is 0 Å². The Morgan fingerprint density at radius 1 is 0.593 bits per heavy atom. The lowest BCUT2D eigenvalue weighted by molar-refractivity contribution is -0.275. The minimum Gasteiger partial charge on any atom is -0.443 e. The first-order valence-electron chi connectivity index (χ1n) is 7.16. The molecule has 2 rings (SSSR count). The summed E-state index contributed by atoms with van der Waals surface area (Å²) in [5, 5.41) is 19.7. The smallest absolute Gasteiger partial charge is 0.443 e. The van der Waals surface area contributed by atoms with Gasteiger partial charge in [-0.25, -0.2) is 0 Å². The van der Waals surface area contributed by atoms with Gasteiger partial charge < -0.3 is 24.1 Å². The quantitative estimate of drug-likeness (QED) is 0.576. The molecule has 0 aliphatic heterocycles. The molecule has 0 saturated heterocycles. The average molecular weight is 394 g/mol. The van der Waals surface area contributed by atoms with Gasteiger partial charge in [0.2, 0.25) is 0 Å². The molecule has 2 aromatic rings. The molecule has 27 heavy (non-hydrogen) atoms. The van der Waals surface area contributed by atoms with Gasteiger partial charge in [-0.05, 0) is 35.2 Å². The van der Waals surface area contributed by atoms with E-state index in [-0.39, 0.29) is 10.9 Å². The number of hydrogen-bond donors (Lipinski definition) is 2. The predicted molar refractivity (Wildman–Crippen MR) is 82.5 cm³/mol. The highest BCUT2D eigenvalue weighted by Gasteiger charge is 2.32. The summed E-state index contributed by atoms with van der Waals surface area (Å²) in [6.07, 6.45) is -9.73. The fourth-order valence-electron chi connectivity index (χ4n) is 1.95. The van der Waals surface area contributed by atoms with E-state index in [1.807, 2.05) is 0 Å². The first kappa shape index (κ1) is 20.9. The largest absolute Gasteiger partial charge is 0.573 e. The van der Waals surface area contributed by atoms with Gasteiger partial charge in [0.25, 0.3) is 0 Å². The first-order valence-corrected chi connectivity index (χ1v) is 7.16. The van der Waals surface area contributed by atoms with E-state index in [0.29, 0.717) is 0 Å². The van der Waals surface area contributed by atoms with Crippen LogP contribution in [0, 0.1) is 0 Å². The third-order valence-corrected chi connectivity index (χ3v) is 3.06. The molecule has 0 fully saturated rings. The van der Waals surface area contributed by atoms with Crippen LogP contribution in [0.4, 0.5) is 26.3 Å². The van der Waals surface area contributed by atoms with Crippen molar-refractivity contribution in [2.24, 2.45) is 0 Å². The standard InChI is InChI=1S/C14H10B2F6O5/c17-13(18,19)25-11-5-1-9(2-6-11)15(23)27-16(24)10-3-7-12(8-4-10)26-14(20,21)22/h1-8,23-24H. The van der Waals surface area contributed by atoms with Crippen LogP contribution in [0.2, 0.25) is 0 Å². The minimum atomic E-state index is -4.87. The van der Waals surface area contributed by atoms with Crippen LogP contribution in [0.25, 0.3) is 0 Å². The zero-order valence-corrected chi connectivity index (χ0v) is 13.2. The van der Waals surface area contributed by atoms with Crippen LogP contribution >= 0.6 is 0 Å². The second-order valence-electron chi connectivity index (χ2n) is 5.07. The fourth-order valence-corrected chi connectivity index (χ4v) is 1.95. The molecule has 0 bridgehead atoms. The summed E-state index contributed by atoms with van der Waals surface area (Å²) in [5.74, 6) is -1.03. The van der Waals surface area contributed by atoms with Gasteiger partial charge in [-0.15, -0.1) is 26.3 Å². The van der Waals surface area contributed by atoms with Crippen molar-refractivity contribution in [3.8, 4) is 11.5 Å². The highest BCUT2D eigenvalue weighted by molar-refractivity contribution is 6.73. The molecule has 0 spiro atoms. The lowest BCUT2D eigenvalue weighted by atomic mass is 9.71. The average Bonchev–Trinajstić information content (AvgIpc) is 2.53. The molecule has 2 N–H and O–H groups in total. The number of ether oxygens (including phenoxy) is 2. The summed E-state index contributed by atoms with van der Waals surface area (Å²) >= 11 is 0. The van der Waals surface area contributed by atoms with Gasteiger partial charge in [0.1, 0.15) is 11.5 Å². The van der Waals surface area contributed by atoms with Gasteiger partial charge in [-0.2, -0.15) is 0 Å². The Morgan fingerprint density at radius 3 is 1.15 bits per heavy atom. The zero-order chi connectivity index (χ0) is 20.2. The Bertz CT molecular complexity index is 672. The summed E-state index contributed by atoms with van der Waals surface area (Å²) < 4.78 is 84.7. The van der Waals surface area contributed by atoms with Gasteiger partial charge in [-0.1, -0.05) is 24.3 Å². The highest BCUT2D eigenvalue weighted by atomic mass is 19.4. The minimum absolute atomic E-state index is 0.0144. The Kier molecular flexibility index (Phi) is 6.29. The van der Waals surface area contributed by atoms with Crippen molar-refractivity contribution < 1.29 is 50.4 Å². The van der Waals surface area contributed by atoms with E-state index in [1.165, 1.54) is 0 Å². The van der Waals surface area contributed by atoms with E-state index < -0.39 is 38.5 Å². The van der Waals surface area contributed by atoms with Crippen LogP contribution in [0.3, 0.4) is 0 Å². The summed E-state index contributed by atoms with van der Waals surface area (Å²) in [6.45, 7) is 0. The molecule has 0 heterocycles. The number of rotatable bonds is 6. The molecule has 0 unspecified atom stereocenters. The van der Waals surface area contributed by atoms with Crippen molar-refractivity contribution in [3.05, 3.63) is 48.5 Å². The maximum absolute atomic E-state index is 12.1. The normalized spacial score (nSPS) is 11.9. The molecule has 0 saturated carbocycles. The lowest BCUT2D eigenvalue weighted by Gasteiger charge is -2.14. The second-order valence-corrected chi connectivity index (χ2v) is 5.07. The van der Waals surface area contributed by atoms with Crippen molar-refractivity contribution in [2.75, 3.05) is 0 Å². The number of halogens is 6. The molecule has 0 atom stereocenters. The molecule has 13 heteroatoms. The van der Waals surface area contributed by atoms with E-state index >= 15 is 0 Å². The van der Waals surface area contributed by atoms with Crippen LogP contribution in [-0.4, -0.2) is 37.0 Å². The van der Waals surface area contributed by atoms with Gasteiger partial charge in [0.15, 0.2) is 0 Å². The zero-order valence-electron chi connectivity index (χ0n) is 13.2. The Labute approximate surface area is 149 Å². The van der Waals surface area contributed by atoms with Crippen LogP contribution in [0.15, 0.2) is 48.5 Å². The van der Waals surface area contributed by atoms with Crippen LogP contribution in [-0.2, 0) is 4.57 Å². The maximum atomic E-state index is 12.1. The molecule has 2 aromatic carbocycles. The Morgan fingerprint density at radius 2 is 0.889 bits per heavy atom. The van der Waals surface area contributed by atoms with E-state index in [2.05, 4.69) is 9.47 Å². The van der Waals surface area contributed by atoms with Crippen molar-refractivity contribution >= 4 is 25.2 Å². The van der Waals surface area contributed by atoms with Crippen molar-refractivity contribution in [3.63, 3.8) is 0 Å². The molecular weight excluding hydrogens is 384 g/mol. The summed E-state index contributed by atoms with van der Waals surface area (Å²) in [6, 6.07) is 8.07. The maximum Gasteiger partial charge on any atom is 0.573 e. The Hall–Kier alpha value is -2.37. The van der Waals surface area contributed by atoms with Crippen molar-refractivity contribution in [2.45, 2.75) is 12.7 Å². The third-order valence-electron chi connectivity index (χ3n) is 3.06. The molecule has 0 aliphatic rings. The summed E-state index contributed by atoms with van der Waals surface area (Å²) in [5.41, 5.74) is 0.0289. The number of alkyl halides is 6. The number of hydrogen-bond acceptors (Lipinski definition) is 5. The second kappa shape index (κ2) is 8.11. The van der Waals surface area contributed by atoms with E-state index in [4.69, 9.17) is 4.57 Å². The number of benzene rings is 2. The summed E-state index contributed by atoms with van der Waals surface area (Å²) in [4.78, 5) is 0. The lowest BCUT2D eigenvalue weighted by Crippen LogP contribution is -2.45. The SMILES string of the molecule is OB(OB(O)c1ccc(OC(F)(F)F)cc1)c1ccc(OC(F)(F)F)cc1. The van der Waals surface area contributed by atoms with Crippen molar-refractivity contribution in [1.29, 1.82) is 0 Å². The fraction of sp³-hybridized carbons (Fsp3) is 0.143. The monoisotopic (exact) mass is 394 g/mol. The van der Waals surface area contributed by atoms with Crippen LogP contribution < -0.4 is 20.4 Å². The van der Waals surface area contributed by atoms with Crippen molar-refractivity contribution in [1.82, 2.24) is 0 Å². The highest BCUT2D eigenvalue weighted by Crippen LogP contribution is 2.22. The molecule has 5 nitrogen and oxygen atoms in total. The molecular formula is C14H10B2F6O5. The third kappa shape index (κ3) is 7.04. The molecule has 0 radical (unpaired) electrons. The van der Waals surface area contributed by atoms with Gasteiger partial charge in [-0.3, -0.25) is 0 Å². The molecule has 144 valence electrons. The van der Waals surface area contributed by atoms with E-state index in [0.717, 1.165) is 48.5 Å². The molecule has 0 aliphatic carbocycles. The predicted octanol–water partition coefficient (Wildman–Crippen LogP) is 1.58. The van der Waals surface area contributed by atoms with E-state index in [9.17, 15) is 36.4 Å². The van der Waals surface area contributed by atoms with Crippen LogP contribution in [0.5, 0.6) is 11.5 Å². The Balaban J connectivity index is 1.97. The van der Waals surface area contributed by atoms with Crippen LogP contribution in [0.1, 0.15) is 0 Å².